The van der Waals surface area contributed by atoms with E-state index in [2.05, 4.69) is 5.10 Å². The minimum atomic E-state index is -3.51. The van der Waals surface area contributed by atoms with Crippen LogP contribution in [0.3, 0.4) is 0 Å². The molecule has 1 rings (SSSR count). The third kappa shape index (κ3) is 3.79. The lowest BCUT2D eigenvalue weighted by Crippen LogP contribution is -2.38. The van der Waals surface area contributed by atoms with Crippen molar-refractivity contribution >= 4 is 21.6 Å². The lowest BCUT2D eigenvalue weighted by Gasteiger charge is -2.26. The Morgan fingerprint density at radius 1 is 1.33 bits per heavy atom. The Bertz CT molecular complexity index is 569. The summed E-state index contributed by atoms with van der Waals surface area (Å²) in [5, 5.41) is 4.37. The first kappa shape index (κ1) is 18.5. The van der Waals surface area contributed by atoms with Crippen LogP contribution < -0.4 is 0 Å². The fraction of sp³-hybridized carbons (Fsp3) is 0.786. The number of sulfonamides is 1. The van der Waals surface area contributed by atoms with Crippen LogP contribution in [-0.4, -0.2) is 41.0 Å². The van der Waals surface area contributed by atoms with Gasteiger partial charge in [-0.1, -0.05) is 13.8 Å². The fourth-order valence-electron chi connectivity index (χ4n) is 2.52. The van der Waals surface area contributed by atoms with E-state index in [4.69, 9.17) is 11.6 Å². The maximum absolute atomic E-state index is 12.9. The molecule has 122 valence electrons. The van der Waals surface area contributed by atoms with Gasteiger partial charge >= 0.3 is 0 Å². The predicted octanol–water partition coefficient (Wildman–Crippen LogP) is 2.94. The zero-order chi connectivity index (χ0) is 16.2. The summed E-state index contributed by atoms with van der Waals surface area (Å²) in [5.41, 5.74) is 1.25. The average Bonchev–Trinajstić information content (AvgIpc) is 2.71. The van der Waals surface area contributed by atoms with Gasteiger partial charge in [0, 0.05) is 25.0 Å². The number of aromatic nitrogens is 2. The highest BCUT2D eigenvalue weighted by atomic mass is 35.5. The molecule has 0 aliphatic carbocycles. The van der Waals surface area contributed by atoms with Crippen molar-refractivity contribution in [3.63, 3.8) is 0 Å². The maximum atomic E-state index is 12.9. The summed E-state index contributed by atoms with van der Waals surface area (Å²) in [4.78, 5) is 0.347. The molecule has 0 spiro atoms. The molecular weight excluding hydrogens is 310 g/mol. The predicted molar refractivity (Wildman–Crippen MR) is 86.4 cm³/mol. The SMILES string of the molecule is CCC(C)N(CC)S(=O)(=O)c1c(C)nn(CCCCl)c1C. The number of aryl methyl sites for hydroxylation is 2. The van der Waals surface area contributed by atoms with Crippen molar-refractivity contribution in [3.05, 3.63) is 11.4 Å². The van der Waals surface area contributed by atoms with Crippen molar-refractivity contribution in [2.75, 3.05) is 12.4 Å². The number of alkyl halides is 1. The normalized spacial score (nSPS) is 13.9. The molecule has 0 fully saturated rings. The van der Waals surface area contributed by atoms with E-state index in [0.717, 1.165) is 12.8 Å². The molecule has 1 unspecified atom stereocenters. The standard InChI is InChI=1S/C14H26ClN3O2S/c1-6-11(3)18(7-2)21(19,20)14-12(4)16-17(13(14)5)10-8-9-15/h11H,6-10H2,1-5H3. The summed E-state index contributed by atoms with van der Waals surface area (Å²) in [6, 6.07) is -0.0232. The molecule has 7 heteroatoms. The molecule has 1 atom stereocenters. The van der Waals surface area contributed by atoms with Gasteiger partial charge in [0.1, 0.15) is 4.90 Å². The number of hydrogen-bond acceptors (Lipinski definition) is 3. The second-order valence-corrected chi connectivity index (χ2v) is 7.44. The van der Waals surface area contributed by atoms with E-state index in [1.54, 1.807) is 15.9 Å². The van der Waals surface area contributed by atoms with E-state index in [9.17, 15) is 8.42 Å². The average molecular weight is 336 g/mol. The smallest absolute Gasteiger partial charge is 0.246 e. The Morgan fingerprint density at radius 3 is 2.43 bits per heavy atom. The second-order valence-electron chi connectivity index (χ2n) is 5.23. The molecule has 0 aliphatic heterocycles. The van der Waals surface area contributed by atoms with Gasteiger partial charge in [0.15, 0.2) is 0 Å². The molecule has 0 bridgehead atoms. The quantitative estimate of drug-likeness (QED) is 0.686. The van der Waals surface area contributed by atoms with Gasteiger partial charge in [0.2, 0.25) is 10.0 Å². The van der Waals surface area contributed by atoms with Crippen LogP contribution in [0.4, 0.5) is 0 Å². The molecule has 0 N–H and O–H groups in total. The van der Waals surface area contributed by atoms with Gasteiger partial charge in [-0.15, -0.1) is 11.6 Å². The minimum Gasteiger partial charge on any atom is -0.268 e. The first-order valence-electron chi connectivity index (χ1n) is 7.42. The molecule has 0 radical (unpaired) electrons. The number of rotatable bonds is 8. The van der Waals surface area contributed by atoms with Crippen LogP contribution >= 0.6 is 11.6 Å². The van der Waals surface area contributed by atoms with Gasteiger partial charge in [0.25, 0.3) is 0 Å². The Balaban J connectivity index is 3.28. The first-order valence-corrected chi connectivity index (χ1v) is 9.40. The Labute approximate surface area is 133 Å². The first-order chi connectivity index (χ1) is 9.81. The topological polar surface area (TPSA) is 55.2 Å². The second kappa shape index (κ2) is 7.61. The van der Waals surface area contributed by atoms with Gasteiger partial charge in [0.05, 0.1) is 11.4 Å². The molecule has 0 aromatic carbocycles. The molecule has 0 saturated carbocycles. The van der Waals surface area contributed by atoms with E-state index in [0.29, 0.717) is 35.3 Å². The van der Waals surface area contributed by atoms with Crippen LogP contribution in [0.15, 0.2) is 4.90 Å². The van der Waals surface area contributed by atoms with E-state index < -0.39 is 10.0 Å². The highest BCUT2D eigenvalue weighted by Crippen LogP contribution is 2.25. The molecular formula is C14H26ClN3O2S. The number of halogens is 1. The van der Waals surface area contributed by atoms with Crippen LogP contribution in [0.1, 0.15) is 45.0 Å². The van der Waals surface area contributed by atoms with Crippen molar-refractivity contribution in [2.24, 2.45) is 0 Å². The van der Waals surface area contributed by atoms with Gasteiger partial charge in [-0.3, -0.25) is 4.68 Å². The van der Waals surface area contributed by atoms with Crippen molar-refractivity contribution in [3.8, 4) is 0 Å². The van der Waals surface area contributed by atoms with Gasteiger partial charge in [-0.2, -0.15) is 9.40 Å². The van der Waals surface area contributed by atoms with E-state index >= 15 is 0 Å². The van der Waals surface area contributed by atoms with Crippen molar-refractivity contribution in [2.45, 2.75) is 64.9 Å². The van der Waals surface area contributed by atoms with E-state index in [1.165, 1.54) is 0 Å². The summed E-state index contributed by atoms with van der Waals surface area (Å²) in [6.07, 6.45) is 1.55. The molecule has 5 nitrogen and oxygen atoms in total. The van der Waals surface area contributed by atoms with Gasteiger partial charge < -0.3 is 0 Å². The zero-order valence-electron chi connectivity index (χ0n) is 13.6. The van der Waals surface area contributed by atoms with Crippen LogP contribution in [0.25, 0.3) is 0 Å². The molecule has 0 amide bonds. The van der Waals surface area contributed by atoms with Crippen LogP contribution in [0.2, 0.25) is 0 Å². The highest BCUT2D eigenvalue weighted by molar-refractivity contribution is 7.89. The maximum Gasteiger partial charge on any atom is 0.246 e. The fourth-order valence-corrected chi connectivity index (χ4v) is 4.73. The summed E-state index contributed by atoms with van der Waals surface area (Å²) in [6.45, 7) is 10.5. The summed E-state index contributed by atoms with van der Waals surface area (Å²) >= 11 is 5.71. The molecule has 1 aromatic heterocycles. The lowest BCUT2D eigenvalue weighted by atomic mass is 10.3. The summed E-state index contributed by atoms with van der Waals surface area (Å²) in [7, 11) is -3.51. The molecule has 0 saturated heterocycles. The van der Waals surface area contributed by atoms with E-state index in [-0.39, 0.29) is 6.04 Å². The molecule has 1 aromatic rings. The molecule has 1 heterocycles. The van der Waals surface area contributed by atoms with Gasteiger partial charge in [-0.05, 0) is 33.6 Å². The van der Waals surface area contributed by atoms with Crippen LogP contribution in [0, 0.1) is 13.8 Å². The number of nitrogens with zero attached hydrogens (tertiary/aromatic N) is 3. The minimum absolute atomic E-state index is 0.0232. The summed E-state index contributed by atoms with van der Waals surface area (Å²) < 4.78 is 29.2. The van der Waals surface area contributed by atoms with Crippen molar-refractivity contribution < 1.29 is 8.42 Å². The van der Waals surface area contributed by atoms with Crippen molar-refractivity contribution in [1.82, 2.24) is 14.1 Å². The van der Waals surface area contributed by atoms with Crippen molar-refractivity contribution in [1.29, 1.82) is 0 Å². The third-order valence-corrected chi connectivity index (χ3v) is 6.39. The Kier molecular flexibility index (Phi) is 6.69. The number of hydrogen-bond donors (Lipinski definition) is 0. The molecule has 21 heavy (non-hydrogen) atoms. The monoisotopic (exact) mass is 335 g/mol. The Morgan fingerprint density at radius 2 is 1.95 bits per heavy atom. The Hall–Kier alpha value is -0.590. The lowest BCUT2D eigenvalue weighted by molar-refractivity contribution is 0.342. The van der Waals surface area contributed by atoms with E-state index in [1.807, 2.05) is 27.7 Å². The highest BCUT2D eigenvalue weighted by Gasteiger charge is 2.32. The largest absolute Gasteiger partial charge is 0.268 e. The molecule has 0 aliphatic rings. The third-order valence-electron chi connectivity index (χ3n) is 3.78. The summed E-state index contributed by atoms with van der Waals surface area (Å²) in [5.74, 6) is 0.536. The van der Waals surface area contributed by atoms with Crippen LogP contribution in [0.5, 0.6) is 0 Å². The van der Waals surface area contributed by atoms with Crippen LogP contribution in [-0.2, 0) is 16.6 Å². The van der Waals surface area contributed by atoms with Gasteiger partial charge in [-0.25, -0.2) is 8.42 Å². The zero-order valence-corrected chi connectivity index (χ0v) is 15.1.